The molecule has 2 atom stereocenters. The molecule has 4 amide bonds. The molecule has 0 aromatic heterocycles. The van der Waals surface area contributed by atoms with E-state index in [1.807, 2.05) is 6.92 Å². The average Bonchev–Trinajstić information content (AvgIpc) is 2.74. The highest BCUT2D eigenvalue weighted by molar-refractivity contribution is 5.93. The summed E-state index contributed by atoms with van der Waals surface area (Å²) in [6.45, 7) is 7.52. The van der Waals surface area contributed by atoms with Crippen LogP contribution < -0.4 is 16.4 Å². The predicted octanol–water partition coefficient (Wildman–Crippen LogP) is 2.89. The topological polar surface area (TPSA) is 151 Å². The number of hydrogen-bond donors (Lipinski definition) is 4. The number of alkyl carbamates (subject to hydrolysis) is 1. The molecule has 0 radical (unpaired) electrons. The zero-order chi connectivity index (χ0) is 26.9. The summed E-state index contributed by atoms with van der Waals surface area (Å²) in [6.07, 6.45) is 2.85. The summed E-state index contributed by atoms with van der Waals surface area (Å²) >= 11 is 0. The lowest BCUT2D eigenvalue weighted by molar-refractivity contribution is -0.147. The van der Waals surface area contributed by atoms with Crippen LogP contribution in [0.1, 0.15) is 84.2 Å². The number of phenolic OH excluding ortho intramolecular Hbond substituents is 1. The van der Waals surface area contributed by atoms with Gasteiger partial charge in [-0.15, -0.1) is 0 Å². The lowest BCUT2D eigenvalue weighted by atomic mass is 9.87. The Balaban J connectivity index is 2.46. The molecule has 10 nitrogen and oxygen atoms in total. The van der Waals surface area contributed by atoms with Crippen LogP contribution in [-0.4, -0.2) is 58.1 Å². The van der Waals surface area contributed by atoms with Gasteiger partial charge in [0.15, 0.2) is 0 Å². The van der Waals surface area contributed by atoms with E-state index in [4.69, 9.17) is 10.5 Å². The molecule has 0 bridgehead atoms. The molecule has 0 saturated heterocycles. The third-order valence-corrected chi connectivity index (χ3v) is 5.98. The third kappa shape index (κ3) is 8.42. The molecule has 1 aliphatic rings. The number of unbranched alkanes of at least 4 members (excludes halogenated alkanes) is 1. The van der Waals surface area contributed by atoms with E-state index in [-0.39, 0.29) is 30.2 Å². The summed E-state index contributed by atoms with van der Waals surface area (Å²) in [7, 11) is 0. The number of carbonyl (C=O) groups excluding carboxylic acids is 4. The van der Waals surface area contributed by atoms with E-state index in [0.717, 1.165) is 19.3 Å². The van der Waals surface area contributed by atoms with Gasteiger partial charge < -0.3 is 31.1 Å². The maximum Gasteiger partial charge on any atom is 0.408 e. The lowest BCUT2D eigenvalue weighted by Gasteiger charge is -2.43. The highest BCUT2D eigenvalue weighted by Gasteiger charge is 2.42. The molecule has 10 heteroatoms. The first-order chi connectivity index (χ1) is 16.9. The zero-order valence-corrected chi connectivity index (χ0v) is 21.7. The van der Waals surface area contributed by atoms with Crippen LogP contribution in [0.3, 0.4) is 0 Å². The van der Waals surface area contributed by atoms with Crippen molar-refractivity contribution in [2.24, 2.45) is 5.73 Å². The van der Waals surface area contributed by atoms with Crippen LogP contribution in [0.15, 0.2) is 24.3 Å². The van der Waals surface area contributed by atoms with Gasteiger partial charge in [0.2, 0.25) is 17.7 Å². The van der Waals surface area contributed by atoms with Crippen LogP contribution in [0.5, 0.6) is 5.75 Å². The van der Waals surface area contributed by atoms with Crippen LogP contribution in [-0.2, 0) is 19.1 Å². The van der Waals surface area contributed by atoms with Crippen LogP contribution in [0.4, 0.5) is 4.79 Å². The molecule has 1 aliphatic carbocycles. The Kier molecular flexibility index (Phi) is 10.6. The number of carbonyl (C=O) groups is 4. The number of rotatable bonds is 12. The number of aromatic hydroxyl groups is 1. The van der Waals surface area contributed by atoms with E-state index in [1.165, 1.54) is 11.0 Å². The first-order valence-electron chi connectivity index (χ1n) is 12.6. The van der Waals surface area contributed by atoms with Crippen molar-refractivity contribution in [3.63, 3.8) is 0 Å². The van der Waals surface area contributed by atoms with Gasteiger partial charge in [-0.3, -0.25) is 14.4 Å². The minimum absolute atomic E-state index is 0.0540. The molecule has 0 spiro atoms. The number of nitrogens with two attached hydrogens (primary N) is 1. The second kappa shape index (κ2) is 13.1. The number of primary amides is 1. The number of benzene rings is 1. The fourth-order valence-electron chi connectivity index (χ4n) is 3.98. The van der Waals surface area contributed by atoms with Gasteiger partial charge in [-0.1, -0.05) is 31.5 Å². The van der Waals surface area contributed by atoms with E-state index in [2.05, 4.69) is 10.6 Å². The molecule has 0 heterocycles. The van der Waals surface area contributed by atoms with Crippen LogP contribution in [0.25, 0.3) is 0 Å². The molecule has 1 aromatic rings. The Hall–Kier alpha value is -3.30. The fraction of sp³-hybridized carbons (Fsp3) is 0.615. The quantitative estimate of drug-likeness (QED) is 0.321. The molecule has 2 unspecified atom stereocenters. The van der Waals surface area contributed by atoms with Crippen molar-refractivity contribution in [2.75, 3.05) is 6.54 Å². The average molecular weight is 505 g/mol. The van der Waals surface area contributed by atoms with E-state index < -0.39 is 41.5 Å². The van der Waals surface area contributed by atoms with Gasteiger partial charge in [-0.2, -0.15) is 0 Å². The van der Waals surface area contributed by atoms with E-state index in [9.17, 15) is 24.3 Å². The Bertz CT molecular complexity index is 925. The SMILES string of the molecule is CCCCNC(=O)C(c1ccccc1O)N(C(=O)C(CCC(N)=O)NC(=O)OC(C)(C)C)C1CCC1. The second-order valence-corrected chi connectivity index (χ2v) is 10.1. The molecule has 1 aromatic carbocycles. The molecule has 1 fully saturated rings. The smallest absolute Gasteiger partial charge is 0.408 e. The number of para-hydroxylation sites is 1. The van der Waals surface area contributed by atoms with Gasteiger partial charge in [0.1, 0.15) is 23.4 Å². The Morgan fingerprint density at radius 1 is 1.19 bits per heavy atom. The van der Waals surface area contributed by atoms with Crippen LogP contribution >= 0.6 is 0 Å². The first-order valence-corrected chi connectivity index (χ1v) is 12.6. The third-order valence-electron chi connectivity index (χ3n) is 5.98. The van der Waals surface area contributed by atoms with Gasteiger partial charge in [-0.05, 0) is 58.9 Å². The van der Waals surface area contributed by atoms with Gasteiger partial charge in [0.25, 0.3) is 0 Å². The number of amides is 4. The monoisotopic (exact) mass is 504 g/mol. The summed E-state index contributed by atoms with van der Waals surface area (Å²) in [6, 6.07) is 3.87. The minimum atomic E-state index is -1.15. The van der Waals surface area contributed by atoms with Gasteiger partial charge >= 0.3 is 6.09 Å². The minimum Gasteiger partial charge on any atom is -0.508 e. The maximum atomic E-state index is 14.0. The van der Waals surface area contributed by atoms with Crippen LogP contribution in [0, 0.1) is 0 Å². The molecule has 1 saturated carbocycles. The molecule has 0 aliphatic heterocycles. The highest BCUT2D eigenvalue weighted by atomic mass is 16.6. The van der Waals surface area contributed by atoms with Crippen molar-refractivity contribution in [1.82, 2.24) is 15.5 Å². The van der Waals surface area contributed by atoms with Crippen molar-refractivity contribution in [1.29, 1.82) is 0 Å². The van der Waals surface area contributed by atoms with Gasteiger partial charge in [0.05, 0.1) is 0 Å². The number of phenols is 1. The van der Waals surface area contributed by atoms with E-state index in [0.29, 0.717) is 19.4 Å². The predicted molar refractivity (Wildman–Crippen MR) is 135 cm³/mol. The van der Waals surface area contributed by atoms with Crippen molar-refractivity contribution >= 4 is 23.8 Å². The molecule has 36 heavy (non-hydrogen) atoms. The van der Waals surface area contributed by atoms with Crippen molar-refractivity contribution in [3.05, 3.63) is 29.8 Å². The number of ether oxygens (including phenoxy) is 1. The fourth-order valence-corrected chi connectivity index (χ4v) is 3.98. The molecule has 200 valence electrons. The summed E-state index contributed by atoms with van der Waals surface area (Å²) in [4.78, 5) is 53.0. The summed E-state index contributed by atoms with van der Waals surface area (Å²) in [5.41, 5.74) is 4.82. The normalized spacial score (nSPS) is 15.2. The van der Waals surface area contributed by atoms with E-state index in [1.54, 1.807) is 39.0 Å². The largest absolute Gasteiger partial charge is 0.508 e. The first kappa shape index (κ1) is 28.9. The Labute approximate surface area is 212 Å². The standard InChI is InChI=1S/C26H40N4O6/c1-5-6-16-28-23(33)22(18-12-7-8-13-20(18)31)30(17-10-9-11-17)24(34)19(14-15-21(27)32)29-25(35)36-26(2,3)4/h7-8,12-13,17,19,22,31H,5-6,9-11,14-16H2,1-4H3,(H2,27,32)(H,28,33)(H,29,35). The van der Waals surface area contributed by atoms with Crippen molar-refractivity contribution in [3.8, 4) is 5.75 Å². The Morgan fingerprint density at radius 3 is 2.39 bits per heavy atom. The lowest BCUT2D eigenvalue weighted by Crippen LogP contribution is -2.57. The maximum absolute atomic E-state index is 14.0. The van der Waals surface area contributed by atoms with Crippen LogP contribution in [0.2, 0.25) is 0 Å². The number of nitrogens with one attached hydrogen (secondary N) is 2. The summed E-state index contributed by atoms with van der Waals surface area (Å²) < 4.78 is 5.33. The highest BCUT2D eigenvalue weighted by Crippen LogP contribution is 2.36. The van der Waals surface area contributed by atoms with Gasteiger partial charge in [-0.25, -0.2) is 4.79 Å². The number of nitrogens with zero attached hydrogens (tertiary/aromatic N) is 1. The Morgan fingerprint density at radius 2 is 1.86 bits per heavy atom. The molecular formula is C26H40N4O6. The molecular weight excluding hydrogens is 464 g/mol. The summed E-state index contributed by atoms with van der Waals surface area (Å²) in [5, 5.41) is 16.1. The molecule has 5 N–H and O–H groups in total. The second-order valence-electron chi connectivity index (χ2n) is 10.1. The van der Waals surface area contributed by atoms with Gasteiger partial charge in [0, 0.05) is 24.6 Å². The number of hydrogen-bond acceptors (Lipinski definition) is 6. The van der Waals surface area contributed by atoms with E-state index >= 15 is 0 Å². The zero-order valence-electron chi connectivity index (χ0n) is 21.7. The summed E-state index contributed by atoms with van der Waals surface area (Å²) in [5.74, 6) is -1.69. The van der Waals surface area contributed by atoms with Crippen molar-refractivity contribution in [2.45, 2.75) is 96.4 Å². The van der Waals surface area contributed by atoms with Crippen molar-refractivity contribution < 1.29 is 29.0 Å². The molecule has 2 rings (SSSR count).